The number of ether oxygens (including phenoxy) is 1. The van der Waals surface area contributed by atoms with Crippen LogP contribution in [0.1, 0.15) is 24.3 Å². The van der Waals surface area contributed by atoms with Crippen LogP contribution >= 0.6 is 11.8 Å². The molecule has 0 saturated carbocycles. The van der Waals surface area contributed by atoms with Crippen LogP contribution in [0.15, 0.2) is 76.5 Å². The maximum atomic E-state index is 12.6. The predicted molar refractivity (Wildman–Crippen MR) is 125 cm³/mol. The number of benzene rings is 2. The molecule has 4 aromatic rings. The highest BCUT2D eigenvalue weighted by molar-refractivity contribution is 7.99. The Morgan fingerprint density at radius 3 is 2.69 bits per heavy atom. The van der Waals surface area contributed by atoms with Gasteiger partial charge in [0.15, 0.2) is 11.0 Å². The van der Waals surface area contributed by atoms with E-state index in [1.807, 2.05) is 49.4 Å². The van der Waals surface area contributed by atoms with Gasteiger partial charge in [0.05, 0.1) is 30.7 Å². The SMILES string of the molecule is COc1cccc(NC(=O)CSc2nnc(-c3ccoc3C)n2[C@@H](C)c2ccccc2)c1. The first kappa shape index (κ1) is 21.7. The first-order valence-corrected chi connectivity index (χ1v) is 11.2. The summed E-state index contributed by atoms with van der Waals surface area (Å²) >= 11 is 1.35. The third kappa shape index (κ3) is 4.70. The maximum Gasteiger partial charge on any atom is 0.234 e. The van der Waals surface area contributed by atoms with E-state index in [2.05, 4.69) is 39.1 Å². The Morgan fingerprint density at radius 2 is 1.97 bits per heavy atom. The molecule has 0 radical (unpaired) electrons. The maximum absolute atomic E-state index is 12.6. The highest BCUT2D eigenvalue weighted by Gasteiger charge is 2.23. The lowest BCUT2D eigenvalue weighted by Crippen LogP contribution is -2.15. The molecular weight excluding hydrogens is 424 g/mol. The second-order valence-corrected chi connectivity index (χ2v) is 8.16. The van der Waals surface area contributed by atoms with Gasteiger partial charge in [0.2, 0.25) is 5.91 Å². The van der Waals surface area contributed by atoms with Crippen molar-refractivity contribution in [3.05, 3.63) is 78.3 Å². The molecule has 0 unspecified atom stereocenters. The molecule has 0 aliphatic heterocycles. The minimum Gasteiger partial charge on any atom is -0.497 e. The Kier molecular flexibility index (Phi) is 6.61. The van der Waals surface area contributed by atoms with Crippen molar-refractivity contribution >= 4 is 23.4 Å². The van der Waals surface area contributed by atoms with E-state index in [1.54, 1.807) is 19.4 Å². The number of aryl methyl sites for hydroxylation is 1. The van der Waals surface area contributed by atoms with Gasteiger partial charge in [-0.2, -0.15) is 0 Å². The van der Waals surface area contributed by atoms with Gasteiger partial charge in [0.1, 0.15) is 11.5 Å². The Hall–Kier alpha value is -3.52. The number of hydrogen-bond acceptors (Lipinski definition) is 6. The van der Waals surface area contributed by atoms with E-state index in [9.17, 15) is 4.79 Å². The molecule has 0 fully saturated rings. The van der Waals surface area contributed by atoms with E-state index < -0.39 is 0 Å². The van der Waals surface area contributed by atoms with Crippen molar-refractivity contribution in [2.75, 3.05) is 18.2 Å². The minimum atomic E-state index is -0.133. The first-order valence-electron chi connectivity index (χ1n) is 10.2. The number of nitrogens with one attached hydrogen (secondary N) is 1. The van der Waals surface area contributed by atoms with E-state index in [-0.39, 0.29) is 17.7 Å². The van der Waals surface area contributed by atoms with Crippen LogP contribution in [-0.4, -0.2) is 33.5 Å². The normalized spacial score (nSPS) is 11.8. The van der Waals surface area contributed by atoms with E-state index in [0.717, 1.165) is 16.9 Å². The van der Waals surface area contributed by atoms with Crippen LogP contribution in [0.3, 0.4) is 0 Å². The van der Waals surface area contributed by atoms with Crippen molar-refractivity contribution < 1.29 is 13.9 Å². The quantitative estimate of drug-likeness (QED) is 0.373. The zero-order chi connectivity index (χ0) is 22.5. The molecule has 0 bridgehead atoms. The molecule has 164 valence electrons. The average Bonchev–Trinajstić information content (AvgIpc) is 3.43. The summed E-state index contributed by atoms with van der Waals surface area (Å²) in [5.41, 5.74) is 2.69. The molecule has 0 aliphatic rings. The van der Waals surface area contributed by atoms with Gasteiger partial charge in [0.25, 0.3) is 0 Å². The molecule has 2 heterocycles. The topological polar surface area (TPSA) is 82.2 Å². The fraction of sp³-hybridized carbons (Fsp3) is 0.208. The van der Waals surface area contributed by atoms with Crippen molar-refractivity contribution in [3.8, 4) is 17.1 Å². The smallest absolute Gasteiger partial charge is 0.234 e. The fourth-order valence-corrected chi connectivity index (χ4v) is 4.25. The van der Waals surface area contributed by atoms with Gasteiger partial charge >= 0.3 is 0 Å². The zero-order valence-electron chi connectivity index (χ0n) is 18.1. The van der Waals surface area contributed by atoms with Crippen molar-refractivity contribution in [2.24, 2.45) is 0 Å². The summed E-state index contributed by atoms with van der Waals surface area (Å²) in [7, 11) is 1.59. The van der Waals surface area contributed by atoms with E-state index in [1.165, 1.54) is 11.8 Å². The lowest BCUT2D eigenvalue weighted by atomic mass is 10.1. The van der Waals surface area contributed by atoms with Crippen LogP contribution in [-0.2, 0) is 4.79 Å². The molecule has 32 heavy (non-hydrogen) atoms. The third-order valence-electron chi connectivity index (χ3n) is 5.12. The Balaban J connectivity index is 1.57. The van der Waals surface area contributed by atoms with Gasteiger partial charge in [-0.15, -0.1) is 10.2 Å². The standard InChI is InChI=1S/C24H24N4O3S/c1-16(18-8-5-4-6-9-18)28-23(21-12-13-31-17(21)2)26-27-24(28)32-15-22(29)25-19-10-7-11-20(14-19)30-3/h4-14,16H,15H2,1-3H3,(H,25,29)/t16-/m0/s1. The average molecular weight is 449 g/mol. The van der Waals surface area contributed by atoms with Gasteiger partial charge in [-0.1, -0.05) is 48.2 Å². The highest BCUT2D eigenvalue weighted by Crippen LogP contribution is 2.32. The summed E-state index contributed by atoms with van der Waals surface area (Å²) in [5, 5.41) is 12.4. The number of carbonyl (C=O) groups is 1. The summed E-state index contributed by atoms with van der Waals surface area (Å²) < 4.78 is 12.8. The summed E-state index contributed by atoms with van der Waals surface area (Å²) in [6.45, 7) is 3.99. The van der Waals surface area contributed by atoms with Gasteiger partial charge < -0.3 is 14.5 Å². The molecule has 1 amide bonds. The largest absolute Gasteiger partial charge is 0.497 e. The lowest BCUT2D eigenvalue weighted by Gasteiger charge is -2.18. The number of rotatable bonds is 8. The number of amides is 1. The van der Waals surface area contributed by atoms with Gasteiger partial charge in [-0.25, -0.2) is 0 Å². The van der Waals surface area contributed by atoms with E-state index in [4.69, 9.17) is 9.15 Å². The van der Waals surface area contributed by atoms with E-state index >= 15 is 0 Å². The van der Waals surface area contributed by atoms with Crippen molar-refractivity contribution in [3.63, 3.8) is 0 Å². The molecule has 1 N–H and O–H groups in total. The fourth-order valence-electron chi connectivity index (χ4n) is 3.43. The number of nitrogens with zero attached hydrogens (tertiary/aromatic N) is 3. The van der Waals surface area contributed by atoms with Crippen molar-refractivity contribution in [2.45, 2.75) is 25.0 Å². The molecule has 0 aliphatic carbocycles. The van der Waals surface area contributed by atoms with Crippen LogP contribution in [0.4, 0.5) is 5.69 Å². The molecule has 7 nitrogen and oxygen atoms in total. The number of methoxy groups -OCH3 is 1. The minimum absolute atomic E-state index is 0.0283. The van der Waals surface area contributed by atoms with Crippen molar-refractivity contribution in [1.82, 2.24) is 14.8 Å². The monoisotopic (exact) mass is 448 g/mol. The number of hydrogen-bond donors (Lipinski definition) is 1. The third-order valence-corrected chi connectivity index (χ3v) is 6.06. The molecular formula is C24H24N4O3S. The van der Waals surface area contributed by atoms with Crippen LogP contribution in [0, 0.1) is 6.92 Å². The molecule has 8 heteroatoms. The van der Waals surface area contributed by atoms with E-state index in [0.29, 0.717) is 22.4 Å². The molecule has 1 atom stereocenters. The Labute approximate surface area is 190 Å². The highest BCUT2D eigenvalue weighted by atomic mass is 32.2. The first-order chi connectivity index (χ1) is 15.6. The second-order valence-electron chi connectivity index (χ2n) is 7.22. The molecule has 2 aromatic heterocycles. The molecule has 4 rings (SSSR count). The van der Waals surface area contributed by atoms with Gasteiger partial charge in [0, 0.05) is 11.8 Å². The molecule has 2 aromatic carbocycles. The number of thioether (sulfide) groups is 1. The molecule has 0 saturated heterocycles. The number of anilines is 1. The second kappa shape index (κ2) is 9.74. The van der Waals surface area contributed by atoms with Crippen LogP contribution in [0.5, 0.6) is 5.75 Å². The zero-order valence-corrected chi connectivity index (χ0v) is 18.9. The van der Waals surface area contributed by atoms with Crippen LogP contribution < -0.4 is 10.1 Å². The summed E-state index contributed by atoms with van der Waals surface area (Å²) in [4.78, 5) is 12.6. The predicted octanol–water partition coefficient (Wildman–Crippen LogP) is 5.20. The molecule has 0 spiro atoms. The van der Waals surface area contributed by atoms with Crippen LogP contribution in [0.25, 0.3) is 11.4 Å². The lowest BCUT2D eigenvalue weighted by molar-refractivity contribution is -0.113. The Bertz CT molecular complexity index is 1200. The summed E-state index contributed by atoms with van der Waals surface area (Å²) in [6.07, 6.45) is 1.64. The van der Waals surface area contributed by atoms with Crippen LogP contribution in [0.2, 0.25) is 0 Å². The number of carbonyl (C=O) groups excluding carboxylic acids is 1. The summed E-state index contributed by atoms with van der Waals surface area (Å²) in [5.74, 6) is 2.23. The van der Waals surface area contributed by atoms with Gasteiger partial charge in [-0.3, -0.25) is 9.36 Å². The Morgan fingerprint density at radius 1 is 1.16 bits per heavy atom. The number of aromatic nitrogens is 3. The van der Waals surface area contributed by atoms with Gasteiger partial charge in [-0.05, 0) is 37.6 Å². The summed E-state index contributed by atoms with van der Waals surface area (Å²) in [6, 6.07) is 19.3. The number of furan rings is 1. The van der Waals surface area contributed by atoms with Crippen molar-refractivity contribution in [1.29, 1.82) is 0 Å².